The number of amides is 2. The predicted octanol–water partition coefficient (Wildman–Crippen LogP) is 4.99. The number of carbonyl (C=O) groups excluding carboxylic acids is 2. The zero-order valence-electron chi connectivity index (χ0n) is 18.5. The maximum atomic E-state index is 13.1. The molecule has 2 amide bonds. The molecule has 2 aromatic rings. The molecule has 2 N–H and O–H groups in total. The molecule has 0 heterocycles. The number of ether oxygens (including phenoxy) is 2. The van der Waals surface area contributed by atoms with Gasteiger partial charge in [0.15, 0.2) is 0 Å². The van der Waals surface area contributed by atoms with Gasteiger partial charge < -0.3 is 20.1 Å². The maximum Gasteiger partial charge on any atom is 0.407 e. The van der Waals surface area contributed by atoms with E-state index in [1.807, 2.05) is 50.2 Å². The predicted molar refractivity (Wildman–Crippen MR) is 118 cm³/mol. The lowest BCUT2D eigenvalue weighted by Crippen LogP contribution is -2.33. The molecule has 162 valence electrons. The Morgan fingerprint density at radius 2 is 1.67 bits per heavy atom. The zero-order chi connectivity index (χ0) is 22.1. The van der Waals surface area contributed by atoms with Gasteiger partial charge >= 0.3 is 6.09 Å². The fourth-order valence-electron chi connectivity index (χ4n) is 3.07. The molecule has 0 saturated heterocycles. The number of hydrogen-bond acceptors (Lipinski definition) is 4. The van der Waals surface area contributed by atoms with Crippen molar-refractivity contribution in [2.45, 2.75) is 59.2 Å². The van der Waals surface area contributed by atoms with Crippen LogP contribution in [0.3, 0.4) is 0 Å². The van der Waals surface area contributed by atoms with Gasteiger partial charge in [0.2, 0.25) is 0 Å². The van der Waals surface area contributed by atoms with Crippen molar-refractivity contribution in [1.82, 2.24) is 10.6 Å². The Hall–Kier alpha value is -3.02. The van der Waals surface area contributed by atoms with Crippen molar-refractivity contribution in [3.63, 3.8) is 0 Å². The van der Waals surface area contributed by atoms with E-state index < -0.39 is 11.7 Å². The maximum absolute atomic E-state index is 13.1. The molecule has 0 fully saturated rings. The minimum Gasteiger partial charge on any atom is -0.494 e. The highest BCUT2D eigenvalue weighted by atomic mass is 16.6. The SMILES string of the molecule is CCOc1ccccc1C(CC)NC(=O)c1ccccc1CNC(=O)OC(C)(C)C. The summed E-state index contributed by atoms with van der Waals surface area (Å²) in [4.78, 5) is 25.0. The summed E-state index contributed by atoms with van der Waals surface area (Å²) in [7, 11) is 0. The fraction of sp³-hybridized carbons (Fsp3) is 0.417. The molecule has 0 radical (unpaired) electrons. The molecule has 6 heteroatoms. The Morgan fingerprint density at radius 3 is 2.33 bits per heavy atom. The average molecular weight is 413 g/mol. The quantitative estimate of drug-likeness (QED) is 0.640. The van der Waals surface area contributed by atoms with Gasteiger partial charge in [0, 0.05) is 17.7 Å². The molecular formula is C24H32N2O4. The van der Waals surface area contributed by atoms with E-state index >= 15 is 0 Å². The summed E-state index contributed by atoms with van der Waals surface area (Å²) < 4.78 is 11.0. The van der Waals surface area contributed by atoms with Crippen molar-refractivity contribution in [3.8, 4) is 5.75 Å². The van der Waals surface area contributed by atoms with Gasteiger partial charge in [-0.2, -0.15) is 0 Å². The van der Waals surface area contributed by atoms with Crippen molar-refractivity contribution >= 4 is 12.0 Å². The summed E-state index contributed by atoms with van der Waals surface area (Å²) in [5, 5.41) is 5.82. The molecule has 2 rings (SSSR count). The molecule has 0 aromatic heterocycles. The lowest BCUT2D eigenvalue weighted by Gasteiger charge is -2.22. The zero-order valence-corrected chi connectivity index (χ0v) is 18.5. The fourth-order valence-corrected chi connectivity index (χ4v) is 3.07. The van der Waals surface area contributed by atoms with Gasteiger partial charge in [-0.15, -0.1) is 0 Å². The van der Waals surface area contributed by atoms with Crippen LogP contribution in [0.5, 0.6) is 5.75 Å². The van der Waals surface area contributed by atoms with Crippen molar-refractivity contribution in [1.29, 1.82) is 0 Å². The van der Waals surface area contributed by atoms with E-state index in [0.717, 1.165) is 11.3 Å². The molecule has 0 saturated carbocycles. The van der Waals surface area contributed by atoms with Crippen LogP contribution < -0.4 is 15.4 Å². The molecule has 0 aliphatic heterocycles. The number of rotatable bonds is 8. The van der Waals surface area contributed by atoms with Crippen molar-refractivity contribution in [3.05, 3.63) is 65.2 Å². The number of nitrogens with one attached hydrogen (secondary N) is 2. The number of para-hydroxylation sites is 1. The van der Waals surface area contributed by atoms with Gasteiger partial charge in [-0.05, 0) is 51.8 Å². The first-order valence-electron chi connectivity index (χ1n) is 10.3. The van der Waals surface area contributed by atoms with Crippen LogP contribution >= 0.6 is 0 Å². The summed E-state index contributed by atoms with van der Waals surface area (Å²) in [5.41, 5.74) is 1.60. The molecular weight excluding hydrogens is 380 g/mol. The summed E-state index contributed by atoms with van der Waals surface area (Å²) in [6.07, 6.45) is 0.198. The molecule has 1 unspecified atom stereocenters. The molecule has 0 bridgehead atoms. The lowest BCUT2D eigenvalue weighted by atomic mass is 10.0. The van der Waals surface area contributed by atoms with Crippen LogP contribution in [0.25, 0.3) is 0 Å². The molecule has 2 aromatic carbocycles. The van der Waals surface area contributed by atoms with Crippen LogP contribution in [0.2, 0.25) is 0 Å². The van der Waals surface area contributed by atoms with Crippen LogP contribution in [-0.2, 0) is 11.3 Å². The van der Waals surface area contributed by atoms with E-state index in [1.165, 1.54) is 0 Å². The van der Waals surface area contributed by atoms with Crippen LogP contribution in [0.4, 0.5) is 4.79 Å². The second kappa shape index (κ2) is 10.7. The van der Waals surface area contributed by atoms with Crippen LogP contribution in [0.15, 0.2) is 48.5 Å². The molecule has 30 heavy (non-hydrogen) atoms. The first-order valence-corrected chi connectivity index (χ1v) is 10.3. The number of hydrogen-bond donors (Lipinski definition) is 2. The Balaban J connectivity index is 2.14. The monoisotopic (exact) mass is 412 g/mol. The van der Waals surface area contributed by atoms with Gasteiger partial charge in [0.25, 0.3) is 5.91 Å². The molecule has 0 spiro atoms. The van der Waals surface area contributed by atoms with Crippen molar-refractivity contribution < 1.29 is 19.1 Å². The second-order valence-corrected chi connectivity index (χ2v) is 7.92. The first kappa shape index (κ1) is 23.3. The third-order valence-corrected chi connectivity index (χ3v) is 4.39. The number of alkyl carbamates (subject to hydrolysis) is 1. The Labute approximate surface area is 179 Å². The van der Waals surface area contributed by atoms with E-state index in [4.69, 9.17) is 9.47 Å². The highest BCUT2D eigenvalue weighted by molar-refractivity contribution is 5.96. The number of carbonyl (C=O) groups is 2. The molecule has 1 atom stereocenters. The molecule has 0 aliphatic carbocycles. The van der Waals surface area contributed by atoms with Crippen LogP contribution in [-0.4, -0.2) is 24.2 Å². The third kappa shape index (κ3) is 6.79. The topological polar surface area (TPSA) is 76.7 Å². The van der Waals surface area contributed by atoms with Crippen LogP contribution in [0, 0.1) is 0 Å². The minimum absolute atomic E-state index is 0.188. The average Bonchev–Trinajstić information content (AvgIpc) is 2.70. The third-order valence-electron chi connectivity index (χ3n) is 4.39. The van der Waals surface area contributed by atoms with Crippen molar-refractivity contribution in [2.24, 2.45) is 0 Å². The Morgan fingerprint density at radius 1 is 1.00 bits per heavy atom. The Kier molecular flexibility index (Phi) is 8.27. The van der Waals surface area contributed by atoms with E-state index in [2.05, 4.69) is 10.6 Å². The minimum atomic E-state index is -0.580. The summed E-state index contributed by atoms with van der Waals surface area (Å²) >= 11 is 0. The number of benzene rings is 2. The van der Waals surface area contributed by atoms with Gasteiger partial charge in [0.1, 0.15) is 11.4 Å². The van der Waals surface area contributed by atoms with Gasteiger partial charge in [-0.3, -0.25) is 4.79 Å². The highest BCUT2D eigenvalue weighted by Crippen LogP contribution is 2.27. The van der Waals surface area contributed by atoms with E-state index in [0.29, 0.717) is 24.2 Å². The first-order chi connectivity index (χ1) is 14.2. The van der Waals surface area contributed by atoms with Crippen LogP contribution in [0.1, 0.15) is 68.6 Å². The van der Waals surface area contributed by atoms with E-state index in [-0.39, 0.29) is 18.5 Å². The highest BCUT2D eigenvalue weighted by Gasteiger charge is 2.20. The van der Waals surface area contributed by atoms with Gasteiger partial charge in [-0.1, -0.05) is 43.3 Å². The Bertz CT molecular complexity index is 858. The van der Waals surface area contributed by atoms with Gasteiger partial charge in [0.05, 0.1) is 12.6 Å². The normalized spacial score (nSPS) is 12.0. The van der Waals surface area contributed by atoms with Gasteiger partial charge in [-0.25, -0.2) is 4.79 Å². The second-order valence-electron chi connectivity index (χ2n) is 7.92. The van der Waals surface area contributed by atoms with E-state index in [9.17, 15) is 9.59 Å². The largest absolute Gasteiger partial charge is 0.494 e. The summed E-state index contributed by atoms with van der Waals surface area (Å²) in [6.45, 7) is 10.1. The van der Waals surface area contributed by atoms with Crippen molar-refractivity contribution in [2.75, 3.05) is 6.61 Å². The summed E-state index contributed by atoms with van der Waals surface area (Å²) in [6, 6.07) is 14.8. The standard InChI is InChI=1S/C24H32N2O4/c1-6-20(19-14-10-11-15-21(19)29-7-2)26-22(27)18-13-9-8-12-17(18)16-25-23(28)30-24(3,4)5/h8-15,20H,6-7,16H2,1-5H3,(H,25,28)(H,26,27). The smallest absolute Gasteiger partial charge is 0.407 e. The molecule has 0 aliphatic rings. The molecule has 6 nitrogen and oxygen atoms in total. The van der Waals surface area contributed by atoms with E-state index in [1.54, 1.807) is 32.9 Å². The summed E-state index contributed by atoms with van der Waals surface area (Å²) in [5.74, 6) is 0.571. The lowest BCUT2D eigenvalue weighted by molar-refractivity contribution is 0.0522.